The van der Waals surface area contributed by atoms with Crippen LogP contribution in [-0.4, -0.2) is 87.3 Å². The summed E-state index contributed by atoms with van der Waals surface area (Å²) in [5.41, 5.74) is 2.83. The van der Waals surface area contributed by atoms with E-state index in [2.05, 4.69) is 25.5 Å². The zero-order chi connectivity index (χ0) is 24.4. The number of rotatable bonds is 8. The first-order valence-electron chi connectivity index (χ1n) is 10.1. The maximum atomic E-state index is 12.3. The van der Waals surface area contributed by atoms with Gasteiger partial charge in [-0.1, -0.05) is 0 Å². The number of anilines is 1. The van der Waals surface area contributed by atoms with Gasteiger partial charge in [-0.15, -0.1) is 0 Å². The molecule has 1 fully saturated rings. The standard InChI is InChI=1S/C20H24N6O8/c1-31-10-4-9(5-11(32-2)16(10)33-3)6-23-25-20-24-13-17(21-8-22-18(13)30)26(20)19-15(29)14(28)12(7-27)34-19/h4-6,8,12,14-15,19,27-29H,7H2,1-3H3,(H,24,25)(H,21,22,30)/b23-6-/t12-,14-,15-,19-/m1/s1. The number of fused-ring (bicyclic) bond motifs is 1. The number of benzene rings is 1. The molecule has 0 unspecified atom stereocenters. The van der Waals surface area contributed by atoms with Crippen LogP contribution in [0, 0.1) is 0 Å². The van der Waals surface area contributed by atoms with Gasteiger partial charge in [0.15, 0.2) is 28.9 Å². The number of methoxy groups -OCH3 is 3. The van der Waals surface area contributed by atoms with Gasteiger partial charge >= 0.3 is 0 Å². The van der Waals surface area contributed by atoms with Crippen LogP contribution in [0.3, 0.4) is 0 Å². The zero-order valence-electron chi connectivity index (χ0n) is 18.5. The van der Waals surface area contributed by atoms with E-state index in [4.69, 9.17) is 18.9 Å². The smallest absolute Gasteiger partial charge is 0.278 e. The molecule has 0 amide bonds. The number of aromatic nitrogens is 4. The average molecular weight is 476 g/mol. The highest BCUT2D eigenvalue weighted by molar-refractivity contribution is 5.83. The molecule has 4 rings (SSSR count). The molecule has 1 aliphatic rings. The highest BCUT2D eigenvalue weighted by Gasteiger charge is 2.45. The highest BCUT2D eigenvalue weighted by atomic mass is 16.6. The van der Waals surface area contributed by atoms with Gasteiger partial charge in [-0.2, -0.15) is 5.10 Å². The SMILES string of the molecule is COc1cc(/C=N\Nc2nc3c(=O)[nH]cnc3n2[C@@H]2O[C@H](CO)[C@@H](O)[C@H]2O)cc(OC)c1OC. The normalized spacial score (nSPS) is 22.4. The van der Waals surface area contributed by atoms with Gasteiger partial charge in [0.05, 0.1) is 40.5 Å². The Balaban J connectivity index is 1.71. The van der Waals surface area contributed by atoms with Crippen molar-refractivity contribution in [2.75, 3.05) is 33.4 Å². The maximum Gasteiger partial charge on any atom is 0.278 e. The van der Waals surface area contributed by atoms with Crippen LogP contribution in [-0.2, 0) is 4.74 Å². The first-order chi connectivity index (χ1) is 16.4. The summed E-state index contributed by atoms with van der Waals surface area (Å²) in [7, 11) is 4.47. The number of nitrogens with zero attached hydrogens (tertiary/aromatic N) is 4. The summed E-state index contributed by atoms with van der Waals surface area (Å²) in [6, 6.07) is 3.35. The van der Waals surface area contributed by atoms with Crippen molar-refractivity contribution < 1.29 is 34.3 Å². The monoisotopic (exact) mass is 476 g/mol. The molecule has 0 spiro atoms. The second-order valence-electron chi connectivity index (χ2n) is 7.27. The van der Waals surface area contributed by atoms with E-state index in [0.29, 0.717) is 22.8 Å². The topological polar surface area (TPSA) is 186 Å². The fraction of sp³-hybridized carbons (Fsp3) is 0.400. The fourth-order valence-electron chi connectivity index (χ4n) is 3.67. The lowest BCUT2D eigenvalue weighted by Gasteiger charge is -2.18. The molecule has 0 radical (unpaired) electrons. The Kier molecular flexibility index (Phi) is 6.65. The minimum absolute atomic E-state index is 0.0118. The molecule has 1 aliphatic heterocycles. The van der Waals surface area contributed by atoms with Gasteiger partial charge in [-0.3, -0.25) is 9.36 Å². The Hall–Kier alpha value is -3.72. The van der Waals surface area contributed by atoms with E-state index < -0.39 is 36.7 Å². The third-order valence-electron chi connectivity index (χ3n) is 5.32. The van der Waals surface area contributed by atoms with Gasteiger partial charge < -0.3 is 39.3 Å². The van der Waals surface area contributed by atoms with Gasteiger partial charge in [0.25, 0.3) is 5.56 Å². The molecule has 34 heavy (non-hydrogen) atoms. The summed E-state index contributed by atoms with van der Waals surface area (Å²) in [4.78, 5) is 23.0. The fourth-order valence-corrected chi connectivity index (χ4v) is 3.67. The van der Waals surface area contributed by atoms with Crippen molar-refractivity contribution in [2.24, 2.45) is 5.10 Å². The van der Waals surface area contributed by atoms with Crippen LogP contribution in [0.15, 0.2) is 28.4 Å². The minimum Gasteiger partial charge on any atom is -0.493 e. The largest absolute Gasteiger partial charge is 0.493 e. The van der Waals surface area contributed by atoms with Crippen LogP contribution in [0.4, 0.5) is 5.95 Å². The van der Waals surface area contributed by atoms with E-state index in [-0.39, 0.29) is 17.1 Å². The van der Waals surface area contributed by atoms with E-state index in [1.54, 1.807) is 12.1 Å². The second-order valence-corrected chi connectivity index (χ2v) is 7.27. The summed E-state index contributed by atoms with van der Waals surface area (Å²) in [6.45, 7) is -0.516. The van der Waals surface area contributed by atoms with Crippen LogP contribution < -0.4 is 25.2 Å². The highest BCUT2D eigenvalue weighted by Crippen LogP contribution is 2.38. The Morgan fingerprint density at radius 2 is 1.91 bits per heavy atom. The number of aliphatic hydroxyl groups excluding tert-OH is 3. The van der Waals surface area contributed by atoms with Crippen molar-refractivity contribution in [2.45, 2.75) is 24.5 Å². The van der Waals surface area contributed by atoms with Gasteiger partial charge in [-0.25, -0.2) is 15.4 Å². The molecular formula is C20H24N6O8. The number of nitrogens with one attached hydrogen (secondary N) is 2. The molecule has 14 nitrogen and oxygen atoms in total. The molecule has 182 valence electrons. The van der Waals surface area contributed by atoms with Crippen molar-refractivity contribution in [3.05, 3.63) is 34.4 Å². The number of hydrazone groups is 1. The van der Waals surface area contributed by atoms with Crippen LogP contribution in [0.5, 0.6) is 17.2 Å². The van der Waals surface area contributed by atoms with E-state index in [1.165, 1.54) is 38.4 Å². The molecule has 0 bridgehead atoms. The molecule has 4 atom stereocenters. The third kappa shape index (κ3) is 4.03. The van der Waals surface area contributed by atoms with Crippen LogP contribution in [0.2, 0.25) is 0 Å². The third-order valence-corrected chi connectivity index (χ3v) is 5.32. The Morgan fingerprint density at radius 3 is 2.50 bits per heavy atom. The molecule has 5 N–H and O–H groups in total. The van der Waals surface area contributed by atoms with Gasteiger partial charge in [0, 0.05) is 5.56 Å². The van der Waals surface area contributed by atoms with E-state index >= 15 is 0 Å². The summed E-state index contributed by atoms with van der Waals surface area (Å²) < 4.78 is 22.9. The number of H-pyrrole nitrogens is 1. The lowest BCUT2D eigenvalue weighted by atomic mass is 10.1. The maximum absolute atomic E-state index is 12.3. The minimum atomic E-state index is -1.42. The predicted molar refractivity (Wildman–Crippen MR) is 118 cm³/mol. The molecule has 14 heteroatoms. The molecule has 2 aromatic heterocycles. The summed E-state index contributed by atoms with van der Waals surface area (Å²) >= 11 is 0. The second kappa shape index (κ2) is 9.64. The molecule has 0 saturated carbocycles. The molecule has 3 heterocycles. The predicted octanol–water partition coefficient (Wildman–Crippen LogP) is -0.797. The average Bonchev–Trinajstić information content (AvgIpc) is 3.35. The summed E-state index contributed by atoms with van der Waals surface area (Å²) in [6.07, 6.45) is -2.38. The quantitative estimate of drug-likeness (QED) is 0.202. The Morgan fingerprint density at radius 1 is 1.21 bits per heavy atom. The first kappa shape index (κ1) is 23.4. The van der Waals surface area contributed by atoms with Crippen LogP contribution in [0.1, 0.15) is 11.8 Å². The Bertz CT molecular complexity index is 1230. The number of aliphatic hydroxyl groups is 3. The van der Waals surface area contributed by atoms with Crippen molar-refractivity contribution in [3.8, 4) is 17.2 Å². The number of hydrogen-bond donors (Lipinski definition) is 5. The number of imidazole rings is 1. The first-order valence-corrected chi connectivity index (χ1v) is 10.1. The molecule has 0 aliphatic carbocycles. The van der Waals surface area contributed by atoms with Gasteiger partial charge in [0.2, 0.25) is 11.7 Å². The lowest BCUT2D eigenvalue weighted by Crippen LogP contribution is -2.33. The summed E-state index contributed by atoms with van der Waals surface area (Å²) in [5, 5.41) is 34.3. The molecule has 1 saturated heterocycles. The van der Waals surface area contributed by atoms with E-state index in [0.717, 1.165) is 0 Å². The van der Waals surface area contributed by atoms with Gasteiger partial charge in [-0.05, 0) is 12.1 Å². The molecule has 3 aromatic rings. The van der Waals surface area contributed by atoms with Crippen molar-refractivity contribution in [1.82, 2.24) is 19.5 Å². The van der Waals surface area contributed by atoms with Crippen molar-refractivity contribution in [3.63, 3.8) is 0 Å². The number of hydrogen-bond acceptors (Lipinski definition) is 12. The van der Waals surface area contributed by atoms with Gasteiger partial charge in [0.1, 0.15) is 18.3 Å². The summed E-state index contributed by atoms with van der Waals surface area (Å²) in [5.74, 6) is 1.29. The van der Waals surface area contributed by atoms with Crippen LogP contribution in [0.25, 0.3) is 11.2 Å². The molecular weight excluding hydrogens is 452 g/mol. The van der Waals surface area contributed by atoms with Crippen LogP contribution >= 0.6 is 0 Å². The number of aromatic amines is 1. The zero-order valence-corrected chi connectivity index (χ0v) is 18.5. The molecule has 1 aromatic carbocycles. The van der Waals surface area contributed by atoms with Crippen molar-refractivity contribution in [1.29, 1.82) is 0 Å². The van der Waals surface area contributed by atoms with E-state index in [9.17, 15) is 20.1 Å². The van der Waals surface area contributed by atoms with Crippen molar-refractivity contribution >= 4 is 23.3 Å². The Labute approximate surface area is 192 Å². The lowest BCUT2D eigenvalue weighted by molar-refractivity contribution is -0.0501. The number of ether oxygens (including phenoxy) is 4. The van der Waals surface area contributed by atoms with E-state index in [1.807, 2.05) is 0 Å².